The minimum atomic E-state index is -0.579. The molecule has 17 heteroatoms. The third kappa shape index (κ3) is 33.1. The van der Waals surface area contributed by atoms with Crippen LogP contribution in [0.25, 0.3) is 0 Å². The summed E-state index contributed by atoms with van der Waals surface area (Å²) in [5, 5.41) is 15.4. The zero-order valence-corrected chi connectivity index (χ0v) is 46.1. The fourth-order valence-corrected chi connectivity index (χ4v) is 7.69. The van der Waals surface area contributed by atoms with Crippen molar-refractivity contribution in [3.63, 3.8) is 0 Å². The van der Waals surface area contributed by atoms with E-state index in [0.29, 0.717) is 58.5 Å². The molecule has 2 atom stereocenters. The summed E-state index contributed by atoms with van der Waals surface area (Å²) in [7, 11) is 3.61. The van der Waals surface area contributed by atoms with Gasteiger partial charge in [0.05, 0.1) is 12.1 Å². The molecule has 0 aromatic heterocycles. The van der Waals surface area contributed by atoms with Crippen molar-refractivity contribution in [2.45, 2.75) is 182 Å². The Morgan fingerprint density at radius 1 is 0.562 bits per heavy atom. The van der Waals surface area contributed by atoms with Gasteiger partial charge in [-0.3, -0.25) is 14.5 Å². The molecule has 0 saturated carbocycles. The number of carbonyl (C=O) groups excluding carboxylic acids is 5. The Hall–Kier alpha value is -5.39. The van der Waals surface area contributed by atoms with Crippen molar-refractivity contribution < 1.29 is 42.9 Å². The lowest BCUT2D eigenvalue weighted by Crippen LogP contribution is -2.44. The van der Waals surface area contributed by atoms with Gasteiger partial charge in [0.1, 0.15) is 30.2 Å². The summed E-state index contributed by atoms with van der Waals surface area (Å²) in [5.41, 5.74) is 2.47. The number of alkyl carbamates (subject to hydrolysis) is 1. The van der Waals surface area contributed by atoms with Gasteiger partial charge in [0, 0.05) is 37.6 Å². The normalized spacial score (nSPS) is 13.0. The van der Waals surface area contributed by atoms with E-state index in [-0.39, 0.29) is 30.5 Å². The van der Waals surface area contributed by atoms with Crippen LogP contribution in [0.3, 0.4) is 0 Å². The zero-order valence-electron chi connectivity index (χ0n) is 46.1. The average molecular weight is 1020 g/mol. The van der Waals surface area contributed by atoms with Gasteiger partial charge in [-0.2, -0.15) is 9.98 Å². The molecule has 0 heterocycles. The number of nitrogens with one attached hydrogen (secondary N) is 5. The Labute approximate surface area is 437 Å². The molecule has 0 radical (unpaired) electrons. The molecule has 2 aromatic carbocycles. The van der Waals surface area contributed by atoms with E-state index in [1.54, 1.807) is 14.1 Å². The van der Waals surface area contributed by atoms with E-state index < -0.39 is 29.5 Å². The Kier molecular flexibility index (Phi) is 31.9. The van der Waals surface area contributed by atoms with Crippen LogP contribution in [-0.2, 0) is 36.8 Å². The number of likely N-dealkylation sites (N-methyl/N-ethyl adjacent to an activating group) is 2. The van der Waals surface area contributed by atoms with Crippen LogP contribution in [0.5, 0.6) is 5.75 Å². The SMILES string of the molecule is CN[C@@H](CCCCCC(C)=NC(=O)OC(C)(C)C)C(=O)NCCCN(CCCNC(=O)[C@H](CCCCCC(C)=NC(=O)OC(C)(C)C)NC)CCOc1ccc(CCCCNC(=O)OCc2ccccc2)cc1. The van der Waals surface area contributed by atoms with Crippen LogP contribution in [0.4, 0.5) is 14.4 Å². The Morgan fingerprint density at radius 3 is 1.53 bits per heavy atom. The maximum atomic E-state index is 13.1. The molecule has 0 aliphatic rings. The molecular weight excluding hydrogens is 929 g/mol. The molecule has 73 heavy (non-hydrogen) atoms. The van der Waals surface area contributed by atoms with Crippen LogP contribution in [0.2, 0.25) is 0 Å². The van der Waals surface area contributed by atoms with Crippen molar-refractivity contribution >= 4 is 41.5 Å². The molecule has 0 unspecified atom stereocenters. The van der Waals surface area contributed by atoms with Crippen molar-refractivity contribution in [1.82, 2.24) is 31.5 Å². The van der Waals surface area contributed by atoms with E-state index in [9.17, 15) is 24.0 Å². The standard InChI is InChI=1S/C56H92N8O9/c1-43(62-53(68)72-55(3,4)5)24-14-11-18-29-48(57-9)50(65)59-36-22-38-64(39-23-37-60-51(66)49(58-10)30-19-12-15-25-44(2)63-54(69)73-56(6,7)8)40-41-70-47-33-31-45(32-34-47)26-20-21-35-61-52(67)71-42-46-27-16-13-17-28-46/h13,16-17,27-28,31-34,48-49,57-58H,11-12,14-15,18-26,29-30,35-42H2,1-10H3,(H,59,65)(H,60,66)(H,61,67)/t48-,49-/m0/s1. The fraction of sp³-hybridized carbons (Fsp3) is 0.661. The summed E-state index contributed by atoms with van der Waals surface area (Å²) in [6.07, 6.45) is 10.7. The molecule has 0 fully saturated rings. The van der Waals surface area contributed by atoms with Gasteiger partial charge in [0.25, 0.3) is 0 Å². The molecule has 2 rings (SSSR count). The lowest BCUT2D eigenvalue weighted by molar-refractivity contribution is -0.124. The van der Waals surface area contributed by atoms with Gasteiger partial charge in [-0.1, -0.05) is 68.1 Å². The van der Waals surface area contributed by atoms with Crippen LogP contribution in [0.15, 0.2) is 64.6 Å². The number of ether oxygens (including phenoxy) is 4. The van der Waals surface area contributed by atoms with Crippen LogP contribution >= 0.6 is 0 Å². The van der Waals surface area contributed by atoms with Crippen LogP contribution in [0.1, 0.15) is 156 Å². The fourth-order valence-electron chi connectivity index (χ4n) is 7.69. The average Bonchev–Trinajstić information content (AvgIpc) is 3.32. The largest absolute Gasteiger partial charge is 0.492 e. The molecular formula is C56H92N8O9. The number of hydrogen-bond donors (Lipinski definition) is 5. The molecule has 0 saturated heterocycles. The first-order chi connectivity index (χ1) is 34.8. The Bertz CT molecular complexity index is 1870. The van der Waals surface area contributed by atoms with Crippen molar-refractivity contribution in [3.05, 3.63) is 65.7 Å². The third-order valence-corrected chi connectivity index (χ3v) is 11.6. The Morgan fingerprint density at radius 2 is 1.05 bits per heavy atom. The van der Waals surface area contributed by atoms with Gasteiger partial charge in [-0.25, -0.2) is 14.4 Å². The predicted octanol–water partition coefficient (Wildman–Crippen LogP) is 9.50. The minimum Gasteiger partial charge on any atom is -0.492 e. The second-order valence-corrected chi connectivity index (χ2v) is 20.6. The second kappa shape index (κ2) is 36.5. The number of aliphatic imine (C=N–C) groups is 2. The summed E-state index contributed by atoms with van der Waals surface area (Å²) >= 11 is 0. The Balaban J connectivity index is 1.83. The summed E-state index contributed by atoms with van der Waals surface area (Å²) in [6.45, 7) is 19.1. The number of hydrogen-bond acceptors (Lipinski definition) is 12. The lowest BCUT2D eigenvalue weighted by Gasteiger charge is -2.23. The summed E-state index contributed by atoms with van der Waals surface area (Å²) in [6, 6.07) is 17.1. The lowest BCUT2D eigenvalue weighted by atomic mass is 10.1. The van der Waals surface area contributed by atoms with Gasteiger partial charge >= 0.3 is 18.3 Å². The number of nitrogens with zero attached hydrogens (tertiary/aromatic N) is 3. The molecule has 0 aliphatic heterocycles. The molecule has 0 spiro atoms. The van der Waals surface area contributed by atoms with Crippen LogP contribution < -0.4 is 31.3 Å². The van der Waals surface area contributed by atoms with E-state index in [1.165, 1.54) is 5.56 Å². The number of aryl methyl sites for hydroxylation is 1. The highest BCUT2D eigenvalue weighted by Crippen LogP contribution is 2.16. The monoisotopic (exact) mass is 1020 g/mol. The van der Waals surface area contributed by atoms with Gasteiger partial charge < -0.3 is 45.5 Å². The van der Waals surface area contributed by atoms with Crippen LogP contribution in [0, 0.1) is 0 Å². The quantitative estimate of drug-likeness (QED) is 0.0248. The van der Waals surface area contributed by atoms with E-state index in [4.69, 9.17) is 18.9 Å². The van der Waals surface area contributed by atoms with Crippen molar-refractivity contribution in [2.75, 3.05) is 60.0 Å². The van der Waals surface area contributed by atoms with E-state index in [2.05, 4.69) is 53.6 Å². The third-order valence-electron chi connectivity index (χ3n) is 11.6. The minimum absolute atomic E-state index is 0.0247. The molecule has 410 valence electrons. The summed E-state index contributed by atoms with van der Waals surface area (Å²) < 4.78 is 22.0. The smallest absolute Gasteiger partial charge is 0.434 e. The highest BCUT2D eigenvalue weighted by atomic mass is 16.6. The predicted molar refractivity (Wildman–Crippen MR) is 292 cm³/mol. The first-order valence-corrected chi connectivity index (χ1v) is 26.6. The molecule has 0 aliphatic carbocycles. The molecule has 5 N–H and O–H groups in total. The second-order valence-electron chi connectivity index (χ2n) is 20.6. The number of benzene rings is 2. The van der Waals surface area contributed by atoms with Crippen molar-refractivity contribution in [2.24, 2.45) is 9.98 Å². The van der Waals surface area contributed by atoms with Crippen molar-refractivity contribution in [3.8, 4) is 5.75 Å². The number of carbonyl (C=O) groups is 5. The van der Waals surface area contributed by atoms with Gasteiger partial charge in [-0.05, 0) is 176 Å². The van der Waals surface area contributed by atoms with Crippen LogP contribution in [-0.4, -0.2) is 130 Å². The topological polar surface area (TPSA) is 210 Å². The van der Waals surface area contributed by atoms with Crippen molar-refractivity contribution in [1.29, 1.82) is 0 Å². The summed E-state index contributed by atoms with van der Waals surface area (Å²) in [4.78, 5) is 72.7. The number of amides is 5. The first-order valence-electron chi connectivity index (χ1n) is 26.6. The zero-order chi connectivity index (χ0) is 53.9. The van der Waals surface area contributed by atoms with E-state index in [0.717, 1.165) is 106 Å². The summed E-state index contributed by atoms with van der Waals surface area (Å²) in [5.74, 6) is 0.738. The van der Waals surface area contributed by atoms with Gasteiger partial charge in [0.2, 0.25) is 11.8 Å². The molecule has 0 bridgehead atoms. The van der Waals surface area contributed by atoms with E-state index in [1.807, 2.05) is 97.9 Å². The highest BCUT2D eigenvalue weighted by Gasteiger charge is 2.19. The maximum absolute atomic E-state index is 13.1. The highest BCUT2D eigenvalue weighted by molar-refractivity contribution is 5.92. The van der Waals surface area contributed by atoms with E-state index >= 15 is 0 Å². The van der Waals surface area contributed by atoms with Gasteiger partial charge in [-0.15, -0.1) is 0 Å². The first kappa shape index (κ1) is 63.7. The molecule has 2 aromatic rings. The maximum Gasteiger partial charge on any atom is 0.434 e. The number of unbranched alkanes of at least 4 members (excludes halogenated alkanes) is 5. The molecule has 17 nitrogen and oxygen atoms in total. The molecule has 5 amide bonds. The van der Waals surface area contributed by atoms with Gasteiger partial charge in [0.15, 0.2) is 0 Å². The number of rotatable bonds is 35.